The fourth-order valence-corrected chi connectivity index (χ4v) is 2.97. The molecule has 8 heteroatoms. The van der Waals surface area contributed by atoms with Gasteiger partial charge in [0.15, 0.2) is 6.04 Å². The van der Waals surface area contributed by atoms with Gasteiger partial charge in [0, 0.05) is 11.6 Å². The first kappa shape index (κ1) is 19.0. The number of aromatic nitrogens is 3. The SMILES string of the molecule is CCCCCCC(O)(c1ccc(F)cc1F)C(C(=O)O)n1cncn1. The summed E-state index contributed by atoms with van der Waals surface area (Å²) < 4.78 is 28.6. The van der Waals surface area contributed by atoms with Crippen molar-refractivity contribution in [1.82, 2.24) is 14.8 Å². The van der Waals surface area contributed by atoms with Crippen molar-refractivity contribution in [3.63, 3.8) is 0 Å². The summed E-state index contributed by atoms with van der Waals surface area (Å²) in [6, 6.07) is 1.12. The Balaban J connectivity index is 2.48. The van der Waals surface area contributed by atoms with Crippen LogP contribution >= 0.6 is 0 Å². The van der Waals surface area contributed by atoms with Crippen LogP contribution in [0, 0.1) is 11.6 Å². The van der Waals surface area contributed by atoms with Gasteiger partial charge in [0.1, 0.15) is 29.9 Å². The largest absolute Gasteiger partial charge is 0.480 e. The first-order chi connectivity index (χ1) is 11.9. The van der Waals surface area contributed by atoms with E-state index in [1.807, 2.05) is 6.92 Å². The Hall–Kier alpha value is -2.35. The Bertz CT molecular complexity index is 709. The minimum atomic E-state index is -2.09. The molecular formula is C17H21F2N3O3. The second-order valence-electron chi connectivity index (χ2n) is 5.98. The van der Waals surface area contributed by atoms with Crippen LogP contribution in [0.15, 0.2) is 30.9 Å². The zero-order valence-corrected chi connectivity index (χ0v) is 13.9. The smallest absolute Gasteiger partial charge is 0.331 e. The van der Waals surface area contributed by atoms with E-state index in [1.54, 1.807) is 0 Å². The number of halogens is 2. The zero-order valence-electron chi connectivity index (χ0n) is 13.9. The molecule has 2 aromatic rings. The van der Waals surface area contributed by atoms with Crippen LogP contribution in [0.1, 0.15) is 50.6 Å². The lowest BCUT2D eigenvalue weighted by Gasteiger charge is -2.34. The number of carbonyl (C=O) groups is 1. The Morgan fingerprint density at radius 2 is 2.08 bits per heavy atom. The summed E-state index contributed by atoms with van der Waals surface area (Å²) in [6.45, 7) is 2.02. The van der Waals surface area contributed by atoms with Crippen LogP contribution in [0.2, 0.25) is 0 Å². The maximum Gasteiger partial charge on any atom is 0.331 e. The van der Waals surface area contributed by atoms with Crippen LogP contribution in [0.25, 0.3) is 0 Å². The number of nitrogens with zero attached hydrogens (tertiary/aromatic N) is 3. The van der Waals surface area contributed by atoms with E-state index in [4.69, 9.17) is 0 Å². The van der Waals surface area contributed by atoms with Gasteiger partial charge in [-0.1, -0.05) is 38.7 Å². The van der Waals surface area contributed by atoms with Crippen molar-refractivity contribution in [1.29, 1.82) is 0 Å². The fraction of sp³-hybridized carbons (Fsp3) is 0.471. The van der Waals surface area contributed by atoms with Crippen LogP contribution in [-0.4, -0.2) is 30.9 Å². The van der Waals surface area contributed by atoms with Crippen LogP contribution in [0.3, 0.4) is 0 Å². The lowest BCUT2D eigenvalue weighted by atomic mass is 9.81. The molecule has 6 nitrogen and oxygen atoms in total. The average molecular weight is 353 g/mol. The minimum absolute atomic E-state index is 0.00756. The van der Waals surface area contributed by atoms with Gasteiger partial charge in [-0.05, 0) is 12.5 Å². The summed E-state index contributed by atoms with van der Waals surface area (Å²) in [6.07, 6.45) is 5.38. The summed E-state index contributed by atoms with van der Waals surface area (Å²) in [5.74, 6) is -3.18. The van der Waals surface area contributed by atoms with Gasteiger partial charge in [-0.15, -0.1) is 0 Å². The average Bonchev–Trinajstić information content (AvgIpc) is 3.05. The predicted molar refractivity (Wildman–Crippen MR) is 85.7 cm³/mol. The predicted octanol–water partition coefficient (Wildman–Crippen LogP) is 3.04. The molecule has 0 amide bonds. The lowest BCUT2D eigenvalue weighted by Crippen LogP contribution is -2.42. The second kappa shape index (κ2) is 8.15. The molecule has 0 fully saturated rings. The molecule has 0 aliphatic carbocycles. The van der Waals surface area contributed by atoms with Crippen molar-refractivity contribution in [2.75, 3.05) is 0 Å². The van der Waals surface area contributed by atoms with E-state index in [1.165, 1.54) is 0 Å². The van der Waals surface area contributed by atoms with E-state index in [9.17, 15) is 23.8 Å². The zero-order chi connectivity index (χ0) is 18.4. The fourth-order valence-electron chi connectivity index (χ4n) is 2.97. The normalized spacial score (nSPS) is 14.9. The van der Waals surface area contributed by atoms with Crippen LogP contribution in [0.4, 0.5) is 8.78 Å². The van der Waals surface area contributed by atoms with Crippen LogP contribution in [0.5, 0.6) is 0 Å². The molecule has 0 spiro atoms. The molecule has 0 radical (unpaired) electrons. The summed E-state index contributed by atoms with van der Waals surface area (Å²) >= 11 is 0. The summed E-state index contributed by atoms with van der Waals surface area (Å²) in [5.41, 5.74) is -2.36. The highest BCUT2D eigenvalue weighted by Crippen LogP contribution is 2.39. The van der Waals surface area contributed by atoms with Crippen molar-refractivity contribution >= 4 is 5.97 Å². The number of hydrogen-bond donors (Lipinski definition) is 2. The molecule has 1 aromatic carbocycles. The lowest BCUT2D eigenvalue weighted by molar-refractivity contribution is -0.153. The van der Waals surface area contributed by atoms with Gasteiger partial charge in [0.05, 0.1) is 0 Å². The number of carboxylic acid groups (broad SMARTS) is 1. The quantitative estimate of drug-likeness (QED) is 0.677. The highest BCUT2D eigenvalue weighted by atomic mass is 19.1. The number of rotatable bonds is 9. The van der Waals surface area contributed by atoms with Crippen molar-refractivity contribution in [3.8, 4) is 0 Å². The van der Waals surface area contributed by atoms with E-state index in [0.717, 1.165) is 48.7 Å². The molecule has 1 heterocycles. The molecular weight excluding hydrogens is 332 g/mol. The van der Waals surface area contributed by atoms with E-state index < -0.39 is 29.2 Å². The molecule has 25 heavy (non-hydrogen) atoms. The van der Waals surface area contributed by atoms with Crippen molar-refractivity contribution in [2.24, 2.45) is 0 Å². The van der Waals surface area contributed by atoms with Gasteiger partial charge in [0.25, 0.3) is 0 Å². The first-order valence-electron chi connectivity index (χ1n) is 8.15. The van der Waals surface area contributed by atoms with Crippen LogP contribution < -0.4 is 0 Å². The van der Waals surface area contributed by atoms with Gasteiger partial charge in [-0.25, -0.2) is 23.2 Å². The summed E-state index contributed by atoms with van der Waals surface area (Å²) in [4.78, 5) is 15.5. The topological polar surface area (TPSA) is 88.2 Å². The second-order valence-corrected chi connectivity index (χ2v) is 5.98. The molecule has 0 bridgehead atoms. The third-order valence-corrected chi connectivity index (χ3v) is 4.20. The number of carboxylic acids is 1. The summed E-state index contributed by atoms with van der Waals surface area (Å²) in [5, 5.41) is 24.7. The first-order valence-corrected chi connectivity index (χ1v) is 8.15. The third kappa shape index (κ3) is 4.19. The van der Waals surface area contributed by atoms with E-state index in [-0.39, 0.29) is 12.0 Å². The van der Waals surface area contributed by atoms with E-state index >= 15 is 0 Å². The Morgan fingerprint density at radius 1 is 1.32 bits per heavy atom. The minimum Gasteiger partial charge on any atom is -0.480 e. The monoisotopic (exact) mass is 353 g/mol. The van der Waals surface area contributed by atoms with Crippen LogP contribution in [-0.2, 0) is 10.4 Å². The molecule has 136 valence electrons. The van der Waals surface area contributed by atoms with Crippen molar-refractivity contribution in [3.05, 3.63) is 48.1 Å². The molecule has 2 unspecified atom stereocenters. The van der Waals surface area contributed by atoms with Crippen molar-refractivity contribution < 1.29 is 23.8 Å². The molecule has 2 atom stereocenters. The Kier molecular flexibility index (Phi) is 6.19. The number of hydrogen-bond acceptors (Lipinski definition) is 4. The number of aliphatic carboxylic acids is 1. The highest BCUT2D eigenvalue weighted by Gasteiger charge is 2.46. The molecule has 0 aliphatic rings. The Labute approximate surface area is 144 Å². The molecule has 0 saturated heterocycles. The van der Waals surface area contributed by atoms with Gasteiger partial charge < -0.3 is 10.2 Å². The molecule has 2 N–H and O–H groups in total. The molecule has 0 aliphatic heterocycles. The van der Waals surface area contributed by atoms with Gasteiger partial charge in [0.2, 0.25) is 0 Å². The number of benzene rings is 1. The maximum atomic E-state index is 14.3. The van der Waals surface area contributed by atoms with E-state index in [0.29, 0.717) is 12.5 Å². The molecule has 0 saturated carbocycles. The van der Waals surface area contributed by atoms with Crippen molar-refractivity contribution in [2.45, 2.75) is 50.7 Å². The maximum absolute atomic E-state index is 14.3. The van der Waals surface area contributed by atoms with Gasteiger partial charge in [-0.2, -0.15) is 5.10 Å². The standard InChI is InChI=1S/C17H21F2N3O3/c1-2-3-4-5-8-17(25,13-7-6-12(18)9-14(13)19)15(16(23)24)22-11-20-10-21-22/h6-7,9-11,15,25H,2-5,8H2,1H3,(H,23,24). The summed E-state index contributed by atoms with van der Waals surface area (Å²) in [7, 11) is 0. The third-order valence-electron chi connectivity index (χ3n) is 4.20. The van der Waals surface area contributed by atoms with Gasteiger partial charge in [-0.3, -0.25) is 0 Å². The Morgan fingerprint density at radius 3 is 2.64 bits per heavy atom. The highest BCUT2D eigenvalue weighted by molar-refractivity contribution is 5.74. The molecule has 1 aromatic heterocycles. The molecule has 2 rings (SSSR count). The number of aliphatic hydroxyl groups is 1. The van der Waals surface area contributed by atoms with E-state index in [2.05, 4.69) is 10.1 Å². The van der Waals surface area contributed by atoms with Gasteiger partial charge >= 0.3 is 5.97 Å². The number of unbranched alkanes of at least 4 members (excludes halogenated alkanes) is 3.